The van der Waals surface area contributed by atoms with Crippen LogP contribution in [-0.2, 0) is 0 Å². The van der Waals surface area contributed by atoms with E-state index in [0.29, 0.717) is 29.5 Å². The van der Waals surface area contributed by atoms with Crippen molar-refractivity contribution in [2.24, 2.45) is 0 Å². The minimum Gasteiger partial charge on any atom is -0.494 e. The van der Waals surface area contributed by atoms with Crippen LogP contribution in [0.2, 0.25) is 0 Å². The maximum absolute atomic E-state index is 6.08. The minimum absolute atomic E-state index is 0.0630. The van der Waals surface area contributed by atoms with Gasteiger partial charge < -0.3 is 19.9 Å². The summed E-state index contributed by atoms with van der Waals surface area (Å²) in [5, 5.41) is 0. The van der Waals surface area contributed by atoms with Crippen molar-refractivity contribution < 1.29 is 14.2 Å². The third-order valence-electron chi connectivity index (χ3n) is 2.75. The van der Waals surface area contributed by atoms with Crippen molar-refractivity contribution in [1.82, 2.24) is 0 Å². The van der Waals surface area contributed by atoms with Gasteiger partial charge in [-0.25, -0.2) is 0 Å². The second-order valence-electron chi connectivity index (χ2n) is 4.84. The number of hydrogen-bond acceptors (Lipinski definition) is 4. The smallest absolute Gasteiger partial charge is 0.154 e. The van der Waals surface area contributed by atoms with Gasteiger partial charge in [0.05, 0.1) is 12.7 Å². The number of nitrogen functional groups attached to an aromatic ring is 1. The Kier molecular flexibility index (Phi) is 4.93. The summed E-state index contributed by atoms with van der Waals surface area (Å²) in [7, 11) is 0. The summed E-state index contributed by atoms with van der Waals surface area (Å²) in [5.74, 6) is 2.73. The van der Waals surface area contributed by atoms with Crippen LogP contribution in [0.4, 0.5) is 5.69 Å². The molecule has 2 aromatic rings. The Hall–Kier alpha value is -2.36. The summed E-state index contributed by atoms with van der Waals surface area (Å²) >= 11 is 0. The molecule has 0 aromatic heterocycles. The van der Waals surface area contributed by atoms with E-state index in [1.165, 1.54) is 0 Å². The first-order valence-electron chi connectivity index (χ1n) is 7.06. The Labute approximate surface area is 125 Å². The Morgan fingerprint density at radius 2 is 1.57 bits per heavy atom. The number of rotatable bonds is 6. The molecule has 0 atom stereocenters. The highest BCUT2D eigenvalue weighted by Gasteiger charge is 2.09. The summed E-state index contributed by atoms with van der Waals surface area (Å²) in [6.45, 7) is 6.51. The van der Waals surface area contributed by atoms with E-state index in [0.717, 1.165) is 5.75 Å². The molecular formula is C17H21NO3. The molecule has 0 amide bonds. The Bertz CT molecular complexity index is 579. The number of anilines is 1. The van der Waals surface area contributed by atoms with Gasteiger partial charge in [0.1, 0.15) is 22.9 Å². The molecule has 2 aromatic carbocycles. The van der Waals surface area contributed by atoms with Gasteiger partial charge in [0.25, 0.3) is 0 Å². The first-order valence-corrected chi connectivity index (χ1v) is 7.06. The normalized spacial score (nSPS) is 10.5. The third kappa shape index (κ3) is 4.05. The van der Waals surface area contributed by atoms with Crippen molar-refractivity contribution in [2.45, 2.75) is 26.9 Å². The molecule has 4 heteroatoms. The molecule has 0 saturated carbocycles. The molecule has 0 aliphatic heterocycles. The highest BCUT2D eigenvalue weighted by atomic mass is 16.5. The van der Waals surface area contributed by atoms with Crippen LogP contribution in [-0.4, -0.2) is 12.7 Å². The molecule has 4 nitrogen and oxygen atoms in total. The van der Waals surface area contributed by atoms with E-state index in [1.54, 1.807) is 0 Å². The van der Waals surface area contributed by atoms with Gasteiger partial charge in [-0.2, -0.15) is 0 Å². The molecule has 0 spiro atoms. The van der Waals surface area contributed by atoms with Crippen LogP contribution < -0.4 is 19.9 Å². The van der Waals surface area contributed by atoms with Gasteiger partial charge in [0, 0.05) is 0 Å². The molecule has 0 fully saturated rings. The molecule has 112 valence electrons. The fraction of sp³-hybridized carbons (Fsp3) is 0.294. The van der Waals surface area contributed by atoms with E-state index < -0.39 is 0 Å². The van der Waals surface area contributed by atoms with Crippen LogP contribution in [0.15, 0.2) is 42.5 Å². The van der Waals surface area contributed by atoms with E-state index in [1.807, 2.05) is 63.2 Å². The summed E-state index contributed by atoms with van der Waals surface area (Å²) in [6, 6.07) is 12.9. The topological polar surface area (TPSA) is 53.7 Å². The second kappa shape index (κ2) is 6.88. The van der Waals surface area contributed by atoms with Gasteiger partial charge >= 0.3 is 0 Å². The van der Waals surface area contributed by atoms with Crippen LogP contribution >= 0.6 is 0 Å². The summed E-state index contributed by atoms with van der Waals surface area (Å²) in [6.07, 6.45) is 0.0630. The Morgan fingerprint density at radius 1 is 0.952 bits per heavy atom. The fourth-order valence-corrected chi connectivity index (χ4v) is 1.87. The highest BCUT2D eigenvalue weighted by molar-refractivity contribution is 5.63. The molecule has 0 heterocycles. The van der Waals surface area contributed by atoms with Crippen molar-refractivity contribution in [1.29, 1.82) is 0 Å². The van der Waals surface area contributed by atoms with Gasteiger partial charge in [-0.15, -0.1) is 0 Å². The van der Waals surface area contributed by atoms with Crippen LogP contribution in [0, 0.1) is 0 Å². The number of para-hydroxylation sites is 1. The van der Waals surface area contributed by atoms with E-state index in [2.05, 4.69) is 0 Å². The van der Waals surface area contributed by atoms with Crippen molar-refractivity contribution >= 4 is 5.69 Å². The Morgan fingerprint density at radius 3 is 2.19 bits per heavy atom. The lowest BCUT2D eigenvalue weighted by Crippen LogP contribution is -2.07. The quantitative estimate of drug-likeness (QED) is 0.807. The molecular weight excluding hydrogens is 266 g/mol. The van der Waals surface area contributed by atoms with E-state index in [-0.39, 0.29) is 6.10 Å². The summed E-state index contributed by atoms with van der Waals surface area (Å²) in [5.41, 5.74) is 6.58. The first-order chi connectivity index (χ1) is 10.1. The van der Waals surface area contributed by atoms with Gasteiger partial charge in [0.2, 0.25) is 0 Å². The molecule has 2 rings (SSSR count). The number of hydrogen-bond donors (Lipinski definition) is 1. The number of nitrogens with two attached hydrogens (primary N) is 1. The third-order valence-corrected chi connectivity index (χ3v) is 2.75. The molecule has 21 heavy (non-hydrogen) atoms. The maximum Gasteiger partial charge on any atom is 0.154 e. The van der Waals surface area contributed by atoms with Gasteiger partial charge in [0.15, 0.2) is 5.75 Å². The first kappa shape index (κ1) is 15.0. The number of ether oxygens (including phenoxy) is 3. The van der Waals surface area contributed by atoms with Gasteiger partial charge in [-0.3, -0.25) is 0 Å². The molecule has 0 bridgehead atoms. The lowest BCUT2D eigenvalue weighted by Gasteiger charge is -2.15. The van der Waals surface area contributed by atoms with Crippen LogP contribution in [0.3, 0.4) is 0 Å². The van der Waals surface area contributed by atoms with Gasteiger partial charge in [-0.1, -0.05) is 6.07 Å². The zero-order chi connectivity index (χ0) is 15.2. The molecule has 2 N–H and O–H groups in total. The van der Waals surface area contributed by atoms with Crippen LogP contribution in [0.25, 0.3) is 0 Å². The monoisotopic (exact) mass is 287 g/mol. The van der Waals surface area contributed by atoms with E-state index in [4.69, 9.17) is 19.9 Å². The van der Waals surface area contributed by atoms with E-state index in [9.17, 15) is 0 Å². The Balaban J connectivity index is 2.15. The largest absolute Gasteiger partial charge is 0.494 e. The summed E-state index contributed by atoms with van der Waals surface area (Å²) in [4.78, 5) is 0. The minimum atomic E-state index is 0.0630. The second-order valence-corrected chi connectivity index (χ2v) is 4.84. The molecule has 0 radical (unpaired) electrons. The van der Waals surface area contributed by atoms with Crippen LogP contribution in [0.1, 0.15) is 20.8 Å². The SMILES string of the molecule is CCOc1ccc(Oc2cccc(OC(C)C)c2N)cc1. The average Bonchev–Trinajstić information content (AvgIpc) is 2.45. The number of benzene rings is 2. The highest BCUT2D eigenvalue weighted by Crippen LogP contribution is 2.35. The molecule has 0 saturated heterocycles. The van der Waals surface area contributed by atoms with Crippen molar-refractivity contribution in [3.8, 4) is 23.0 Å². The van der Waals surface area contributed by atoms with Gasteiger partial charge in [-0.05, 0) is 57.2 Å². The molecule has 0 aliphatic rings. The maximum atomic E-state index is 6.08. The standard InChI is InChI=1S/C17H21NO3/c1-4-19-13-8-10-14(11-9-13)21-16-7-5-6-15(17(16)18)20-12(2)3/h5-12H,4,18H2,1-3H3. The van der Waals surface area contributed by atoms with Crippen molar-refractivity contribution in [2.75, 3.05) is 12.3 Å². The molecule has 0 aliphatic carbocycles. The van der Waals surface area contributed by atoms with Crippen molar-refractivity contribution in [3.63, 3.8) is 0 Å². The summed E-state index contributed by atoms with van der Waals surface area (Å²) < 4.78 is 16.9. The lowest BCUT2D eigenvalue weighted by atomic mass is 10.2. The predicted octanol–water partition coefficient (Wildman–Crippen LogP) is 4.25. The predicted molar refractivity (Wildman–Crippen MR) is 84.3 cm³/mol. The zero-order valence-corrected chi connectivity index (χ0v) is 12.6. The zero-order valence-electron chi connectivity index (χ0n) is 12.6. The van der Waals surface area contributed by atoms with Crippen molar-refractivity contribution in [3.05, 3.63) is 42.5 Å². The van der Waals surface area contributed by atoms with E-state index >= 15 is 0 Å². The average molecular weight is 287 g/mol. The van der Waals surface area contributed by atoms with Crippen LogP contribution in [0.5, 0.6) is 23.0 Å². The molecule has 0 unspecified atom stereocenters. The lowest BCUT2D eigenvalue weighted by molar-refractivity contribution is 0.243. The fourth-order valence-electron chi connectivity index (χ4n) is 1.87.